The second-order valence-electron chi connectivity index (χ2n) is 9.45. The average molecular weight is 476 g/mol. The zero-order chi connectivity index (χ0) is 24.9. The van der Waals surface area contributed by atoms with E-state index >= 15 is 0 Å². The van der Waals surface area contributed by atoms with Crippen LogP contribution in [0, 0.1) is 5.92 Å². The Labute approximate surface area is 208 Å². The van der Waals surface area contributed by atoms with E-state index in [1.807, 2.05) is 0 Å². The summed E-state index contributed by atoms with van der Waals surface area (Å²) in [6, 6.07) is 6.74. The highest BCUT2D eigenvalue weighted by atomic mass is 16.5. The molecule has 1 N–H and O–H groups in total. The Morgan fingerprint density at radius 2 is 1.21 bits per heavy atom. The lowest BCUT2D eigenvalue weighted by molar-refractivity contribution is 0.0450. The van der Waals surface area contributed by atoms with Crippen LogP contribution in [0.4, 0.5) is 0 Å². The van der Waals surface area contributed by atoms with Crippen molar-refractivity contribution >= 4 is 11.9 Å². The molecular formula is C29H49NO4. The first kappa shape index (κ1) is 30.2. The van der Waals surface area contributed by atoms with Crippen molar-refractivity contribution in [3.63, 3.8) is 0 Å². The van der Waals surface area contributed by atoms with Crippen LogP contribution in [0.2, 0.25) is 0 Å². The van der Waals surface area contributed by atoms with Crippen molar-refractivity contribution in [2.75, 3.05) is 26.3 Å². The van der Waals surface area contributed by atoms with Gasteiger partial charge < -0.3 is 14.8 Å². The summed E-state index contributed by atoms with van der Waals surface area (Å²) in [7, 11) is 0. The third kappa shape index (κ3) is 14.4. The van der Waals surface area contributed by atoms with Gasteiger partial charge in [-0.25, -0.2) is 9.59 Å². The first-order valence-corrected chi connectivity index (χ1v) is 13.7. The van der Waals surface area contributed by atoms with Gasteiger partial charge in [0.1, 0.15) is 0 Å². The van der Waals surface area contributed by atoms with E-state index < -0.39 is 11.9 Å². The van der Waals surface area contributed by atoms with Crippen molar-refractivity contribution < 1.29 is 19.1 Å². The molecule has 1 aromatic carbocycles. The van der Waals surface area contributed by atoms with Gasteiger partial charge in [0.25, 0.3) is 0 Å². The predicted octanol–water partition coefficient (Wildman–Crippen LogP) is 7.34. The van der Waals surface area contributed by atoms with E-state index in [1.165, 1.54) is 70.9 Å². The van der Waals surface area contributed by atoms with Crippen molar-refractivity contribution in [3.05, 3.63) is 35.4 Å². The molecule has 0 amide bonds. The summed E-state index contributed by atoms with van der Waals surface area (Å²) in [5.41, 5.74) is 0.586. The van der Waals surface area contributed by atoms with E-state index in [1.54, 1.807) is 24.3 Å². The minimum atomic E-state index is -0.444. The maximum absolute atomic E-state index is 12.4. The Morgan fingerprint density at radius 1 is 0.765 bits per heavy atom. The molecule has 0 bridgehead atoms. The Morgan fingerprint density at radius 3 is 1.56 bits per heavy atom. The van der Waals surface area contributed by atoms with Gasteiger partial charge in [0.15, 0.2) is 0 Å². The van der Waals surface area contributed by atoms with Crippen molar-refractivity contribution in [3.8, 4) is 0 Å². The van der Waals surface area contributed by atoms with Gasteiger partial charge in [-0.05, 0) is 50.4 Å². The summed E-state index contributed by atoms with van der Waals surface area (Å²) in [6.45, 7) is 9.93. The number of ether oxygens (including phenoxy) is 2. The van der Waals surface area contributed by atoms with Crippen molar-refractivity contribution in [2.45, 2.75) is 104 Å². The van der Waals surface area contributed by atoms with Crippen LogP contribution >= 0.6 is 0 Å². The lowest BCUT2D eigenvalue weighted by atomic mass is 10.1. The fourth-order valence-corrected chi connectivity index (χ4v) is 3.89. The number of carbonyl (C=O) groups is 2. The van der Waals surface area contributed by atoms with Crippen LogP contribution in [0.1, 0.15) is 125 Å². The molecule has 0 saturated carbocycles. The van der Waals surface area contributed by atoms with Crippen molar-refractivity contribution in [2.24, 2.45) is 5.92 Å². The fraction of sp³-hybridized carbons (Fsp3) is 0.724. The summed E-state index contributed by atoms with van der Waals surface area (Å²) in [4.78, 5) is 24.7. The first-order chi connectivity index (χ1) is 16.6. The largest absolute Gasteiger partial charge is 0.462 e. The van der Waals surface area contributed by atoms with E-state index in [4.69, 9.17) is 9.47 Å². The number of esters is 2. The van der Waals surface area contributed by atoms with Crippen LogP contribution in [0.5, 0.6) is 0 Å². The molecule has 194 valence electrons. The average Bonchev–Trinajstić information content (AvgIpc) is 3.34. The SMILES string of the molecule is CC1CCNC1.CCCCCCCCOC(=O)c1ccccc1C(=O)OCCCCCCCC. The number of unbranched alkanes of at least 4 members (excludes halogenated alkanes) is 10. The van der Waals surface area contributed by atoms with Gasteiger partial charge in [-0.3, -0.25) is 0 Å². The maximum Gasteiger partial charge on any atom is 0.339 e. The molecule has 0 aliphatic carbocycles. The molecule has 1 atom stereocenters. The van der Waals surface area contributed by atoms with Crippen LogP contribution in [0.25, 0.3) is 0 Å². The quantitative estimate of drug-likeness (QED) is 0.200. The second kappa shape index (κ2) is 20.5. The highest BCUT2D eigenvalue weighted by molar-refractivity contribution is 6.03. The normalized spacial score (nSPS) is 14.9. The van der Waals surface area contributed by atoms with Gasteiger partial charge in [-0.2, -0.15) is 0 Å². The lowest BCUT2D eigenvalue weighted by Crippen LogP contribution is -2.15. The minimum absolute atomic E-state index is 0.293. The third-order valence-electron chi connectivity index (χ3n) is 6.14. The number of hydrogen-bond acceptors (Lipinski definition) is 5. The minimum Gasteiger partial charge on any atom is -0.462 e. The maximum atomic E-state index is 12.4. The number of rotatable bonds is 16. The van der Waals surface area contributed by atoms with E-state index in [-0.39, 0.29) is 0 Å². The molecule has 1 saturated heterocycles. The summed E-state index contributed by atoms with van der Waals surface area (Å²) in [5, 5.41) is 3.27. The van der Waals surface area contributed by atoms with E-state index in [0.717, 1.165) is 31.6 Å². The Balaban J connectivity index is 0.000000830. The number of carbonyl (C=O) groups excluding carboxylic acids is 2. The van der Waals surface area contributed by atoms with Crippen LogP contribution in [-0.2, 0) is 9.47 Å². The smallest absolute Gasteiger partial charge is 0.339 e. The summed E-state index contributed by atoms with van der Waals surface area (Å²) in [6.07, 6.45) is 15.0. The predicted molar refractivity (Wildman–Crippen MR) is 140 cm³/mol. The van der Waals surface area contributed by atoms with Crippen LogP contribution in [0.15, 0.2) is 24.3 Å². The van der Waals surface area contributed by atoms with E-state index in [9.17, 15) is 9.59 Å². The highest BCUT2D eigenvalue weighted by Gasteiger charge is 2.18. The molecule has 0 aromatic heterocycles. The molecule has 1 heterocycles. The van der Waals surface area contributed by atoms with Gasteiger partial charge in [0.05, 0.1) is 24.3 Å². The molecule has 5 heteroatoms. The Hall–Kier alpha value is -1.88. The summed E-state index contributed by atoms with van der Waals surface area (Å²) >= 11 is 0. The molecule has 2 rings (SSSR count). The van der Waals surface area contributed by atoms with Crippen molar-refractivity contribution in [1.82, 2.24) is 5.32 Å². The Bertz CT molecular complexity index is 606. The van der Waals surface area contributed by atoms with Crippen LogP contribution < -0.4 is 5.32 Å². The first-order valence-electron chi connectivity index (χ1n) is 13.7. The van der Waals surface area contributed by atoms with Gasteiger partial charge in [-0.15, -0.1) is 0 Å². The molecule has 1 fully saturated rings. The van der Waals surface area contributed by atoms with Crippen molar-refractivity contribution in [1.29, 1.82) is 0 Å². The van der Waals surface area contributed by atoms with E-state index in [2.05, 4.69) is 26.1 Å². The fourth-order valence-electron chi connectivity index (χ4n) is 3.89. The highest BCUT2D eigenvalue weighted by Crippen LogP contribution is 2.14. The topological polar surface area (TPSA) is 64.6 Å². The number of nitrogens with one attached hydrogen (secondary N) is 1. The molecule has 5 nitrogen and oxygen atoms in total. The van der Waals surface area contributed by atoms with Gasteiger partial charge in [-0.1, -0.05) is 97.1 Å². The van der Waals surface area contributed by atoms with E-state index in [0.29, 0.717) is 24.3 Å². The molecule has 1 aliphatic rings. The molecule has 1 aromatic rings. The van der Waals surface area contributed by atoms with Gasteiger partial charge in [0.2, 0.25) is 0 Å². The second-order valence-corrected chi connectivity index (χ2v) is 9.45. The molecule has 1 aliphatic heterocycles. The summed E-state index contributed by atoms with van der Waals surface area (Å²) < 4.78 is 10.7. The van der Waals surface area contributed by atoms with Crippen LogP contribution in [-0.4, -0.2) is 38.2 Å². The number of hydrogen-bond donors (Lipinski definition) is 1. The lowest BCUT2D eigenvalue weighted by Gasteiger charge is -2.10. The number of benzene rings is 1. The molecule has 1 unspecified atom stereocenters. The molecule has 0 spiro atoms. The zero-order valence-corrected chi connectivity index (χ0v) is 22.0. The Kier molecular flexibility index (Phi) is 18.2. The molecule has 34 heavy (non-hydrogen) atoms. The third-order valence-corrected chi connectivity index (χ3v) is 6.14. The molecular weight excluding hydrogens is 426 g/mol. The van der Waals surface area contributed by atoms with Gasteiger partial charge in [0, 0.05) is 0 Å². The monoisotopic (exact) mass is 475 g/mol. The zero-order valence-electron chi connectivity index (χ0n) is 22.0. The van der Waals surface area contributed by atoms with Gasteiger partial charge >= 0.3 is 11.9 Å². The molecule has 0 radical (unpaired) electrons. The standard InChI is InChI=1S/C24H38O4.C5H11N/c1-3-5-7-9-11-15-19-27-23(25)21-17-13-14-18-22(21)24(26)28-20-16-12-10-8-6-4-2;1-5-2-3-6-4-5/h13-14,17-18H,3-12,15-16,19-20H2,1-2H3;5-6H,2-4H2,1H3. The van der Waals surface area contributed by atoms with Crippen LogP contribution in [0.3, 0.4) is 0 Å². The summed E-state index contributed by atoms with van der Waals surface area (Å²) in [5.74, 6) is 0.0475.